The highest BCUT2D eigenvalue weighted by molar-refractivity contribution is 5.72. The van der Waals surface area contributed by atoms with Gasteiger partial charge in [0.1, 0.15) is 0 Å². The van der Waals surface area contributed by atoms with Crippen LogP contribution in [0.25, 0.3) is 0 Å². The van der Waals surface area contributed by atoms with Crippen LogP contribution in [0.1, 0.15) is 11.1 Å². The summed E-state index contributed by atoms with van der Waals surface area (Å²) in [6, 6.07) is 7.45. The Balaban J connectivity index is 2.69. The van der Waals surface area contributed by atoms with Gasteiger partial charge in [-0.05, 0) is 12.5 Å². The monoisotopic (exact) mass is 180 g/mol. The first-order valence-corrected chi connectivity index (χ1v) is 4.06. The van der Waals surface area contributed by atoms with Gasteiger partial charge in [0.05, 0.1) is 0 Å². The molecule has 3 nitrogen and oxygen atoms in total. The first-order valence-electron chi connectivity index (χ1n) is 4.06. The second-order valence-electron chi connectivity index (χ2n) is 3.05. The van der Waals surface area contributed by atoms with E-state index in [-0.39, 0.29) is 6.42 Å². The standard InChI is InChI=1S/C10H12O3/c1-7-3-2-4-8(5-7)6-9(11)10(12)13/h2-5,9,11H,6H2,1H3,(H,12,13)/t9-/m0/s1. The molecule has 0 fully saturated rings. The van der Waals surface area contributed by atoms with Crippen molar-refractivity contribution < 1.29 is 15.0 Å². The van der Waals surface area contributed by atoms with Gasteiger partial charge in [-0.2, -0.15) is 0 Å². The van der Waals surface area contributed by atoms with Crippen molar-refractivity contribution in [3.63, 3.8) is 0 Å². The highest BCUT2D eigenvalue weighted by Crippen LogP contribution is 2.06. The first kappa shape index (κ1) is 9.74. The van der Waals surface area contributed by atoms with Gasteiger partial charge in [0.2, 0.25) is 0 Å². The van der Waals surface area contributed by atoms with E-state index in [2.05, 4.69) is 0 Å². The maximum absolute atomic E-state index is 10.3. The van der Waals surface area contributed by atoms with Crippen LogP contribution in [-0.4, -0.2) is 22.3 Å². The number of carboxylic acids is 1. The fourth-order valence-electron chi connectivity index (χ4n) is 1.15. The molecule has 13 heavy (non-hydrogen) atoms. The van der Waals surface area contributed by atoms with E-state index in [0.29, 0.717) is 0 Å². The molecule has 0 spiro atoms. The van der Waals surface area contributed by atoms with Gasteiger partial charge in [-0.1, -0.05) is 29.8 Å². The molecule has 0 unspecified atom stereocenters. The summed E-state index contributed by atoms with van der Waals surface area (Å²) in [5, 5.41) is 17.5. The summed E-state index contributed by atoms with van der Waals surface area (Å²) in [6.07, 6.45) is -1.14. The van der Waals surface area contributed by atoms with Crippen LogP contribution in [0.5, 0.6) is 0 Å². The Bertz CT molecular complexity index is 307. The van der Waals surface area contributed by atoms with Crippen LogP contribution >= 0.6 is 0 Å². The SMILES string of the molecule is Cc1cccc(C[C@H](O)C(=O)O)c1. The molecule has 0 aliphatic carbocycles. The van der Waals surface area contributed by atoms with Gasteiger partial charge in [0, 0.05) is 6.42 Å². The number of aliphatic carboxylic acids is 1. The van der Waals surface area contributed by atoms with Crippen LogP contribution in [0.2, 0.25) is 0 Å². The first-order chi connectivity index (χ1) is 6.09. The molecule has 0 heterocycles. The summed E-state index contributed by atoms with van der Waals surface area (Å²) in [5.41, 5.74) is 1.91. The molecule has 2 N–H and O–H groups in total. The molecule has 0 aliphatic heterocycles. The average Bonchev–Trinajstić information content (AvgIpc) is 2.04. The van der Waals surface area contributed by atoms with E-state index in [1.165, 1.54) is 0 Å². The number of carbonyl (C=O) groups is 1. The van der Waals surface area contributed by atoms with Crippen LogP contribution in [0.4, 0.5) is 0 Å². The molecule has 1 aromatic rings. The maximum Gasteiger partial charge on any atom is 0.332 e. The van der Waals surface area contributed by atoms with Gasteiger partial charge < -0.3 is 10.2 Å². The Hall–Kier alpha value is -1.35. The Morgan fingerprint density at radius 3 is 2.77 bits per heavy atom. The molecule has 1 rings (SSSR count). The highest BCUT2D eigenvalue weighted by atomic mass is 16.4. The van der Waals surface area contributed by atoms with E-state index in [1.807, 2.05) is 25.1 Å². The Kier molecular flexibility index (Phi) is 3.03. The molecule has 0 saturated heterocycles. The molecular weight excluding hydrogens is 168 g/mol. The van der Waals surface area contributed by atoms with E-state index in [9.17, 15) is 4.79 Å². The second-order valence-corrected chi connectivity index (χ2v) is 3.05. The fourth-order valence-corrected chi connectivity index (χ4v) is 1.15. The van der Waals surface area contributed by atoms with Crippen molar-refractivity contribution in [3.05, 3.63) is 35.4 Å². The minimum Gasteiger partial charge on any atom is -0.479 e. The predicted molar refractivity (Wildman–Crippen MR) is 48.5 cm³/mol. The summed E-state index contributed by atoms with van der Waals surface area (Å²) in [4.78, 5) is 10.3. The van der Waals surface area contributed by atoms with Crippen LogP contribution in [0.3, 0.4) is 0 Å². The molecule has 0 aliphatic rings. The number of benzene rings is 1. The Labute approximate surface area is 76.6 Å². The lowest BCUT2D eigenvalue weighted by Gasteiger charge is -2.05. The molecule has 1 aromatic carbocycles. The van der Waals surface area contributed by atoms with Crippen LogP contribution < -0.4 is 0 Å². The summed E-state index contributed by atoms with van der Waals surface area (Å²) in [6.45, 7) is 1.93. The lowest BCUT2D eigenvalue weighted by molar-refractivity contribution is -0.146. The molecular formula is C10H12O3. The Morgan fingerprint density at radius 2 is 2.23 bits per heavy atom. The van der Waals surface area contributed by atoms with Crippen molar-refractivity contribution in [3.8, 4) is 0 Å². The van der Waals surface area contributed by atoms with E-state index in [1.54, 1.807) is 6.07 Å². The van der Waals surface area contributed by atoms with Gasteiger partial charge in [0.25, 0.3) is 0 Å². The number of aliphatic hydroxyl groups excluding tert-OH is 1. The summed E-state index contributed by atoms with van der Waals surface area (Å²) in [5.74, 6) is -1.18. The minimum atomic E-state index is -1.30. The van der Waals surface area contributed by atoms with Gasteiger partial charge in [-0.15, -0.1) is 0 Å². The number of aliphatic hydroxyl groups is 1. The van der Waals surface area contributed by atoms with Gasteiger partial charge in [-0.3, -0.25) is 0 Å². The van der Waals surface area contributed by atoms with E-state index >= 15 is 0 Å². The minimum absolute atomic E-state index is 0.164. The fraction of sp³-hybridized carbons (Fsp3) is 0.300. The van der Waals surface area contributed by atoms with Crippen molar-refractivity contribution in [2.75, 3.05) is 0 Å². The molecule has 0 saturated carbocycles. The zero-order chi connectivity index (χ0) is 9.84. The number of carboxylic acid groups (broad SMARTS) is 1. The summed E-state index contributed by atoms with van der Waals surface area (Å²) in [7, 11) is 0. The molecule has 0 radical (unpaired) electrons. The molecule has 0 amide bonds. The average molecular weight is 180 g/mol. The lowest BCUT2D eigenvalue weighted by Crippen LogP contribution is -2.21. The molecule has 1 atom stereocenters. The third kappa shape index (κ3) is 2.87. The largest absolute Gasteiger partial charge is 0.479 e. The normalized spacial score (nSPS) is 12.5. The smallest absolute Gasteiger partial charge is 0.332 e. The summed E-state index contributed by atoms with van der Waals surface area (Å²) < 4.78 is 0. The van der Waals surface area contributed by atoms with E-state index in [0.717, 1.165) is 11.1 Å². The zero-order valence-electron chi connectivity index (χ0n) is 7.40. The van der Waals surface area contributed by atoms with Crippen LogP contribution in [-0.2, 0) is 11.2 Å². The molecule has 70 valence electrons. The molecule has 0 bridgehead atoms. The number of hydrogen-bond donors (Lipinski definition) is 2. The predicted octanol–water partition coefficient (Wildman–Crippen LogP) is 0.983. The third-order valence-electron chi connectivity index (χ3n) is 1.80. The second kappa shape index (κ2) is 4.05. The highest BCUT2D eigenvalue weighted by Gasteiger charge is 2.13. The van der Waals surface area contributed by atoms with Gasteiger partial charge in [0.15, 0.2) is 6.10 Å². The number of aryl methyl sites for hydroxylation is 1. The maximum atomic E-state index is 10.3. The van der Waals surface area contributed by atoms with Crippen molar-refractivity contribution in [1.29, 1.82) is 0 Å². The lowest BCUT2D eigenvalue weighted by atomic mass is 10.1. The van der Waals surface area contributed by atoms with Crippen LogP contribution in [0.15, 0.2) is 24.3 Å². The number of rotatable bonds is 3. The van der Waals surface area contributed by atoms with E-state index < -0.39 is 12.1 Å². The van der Waals surface area contributed by atoms with Crippen LogP contribution in [0, 0.1) is 6.92 Å². The molecule has 3 heteroatoms. The topological polar surface area (TPSA) is 57.5 Å². The summed E-state index contributed by atoms with van der Waals surface area (Å²) >= 11 is 0. The van der Waals surface area contributed by atoms with Crippen molar-refractivity contribution in [1.82, 2.24) is 0 Å². The van der Waals surface area contributed by atoms with Gasteiger partial charge >= 0.3 is 5.97 Å². The quantitative estimate of drug-likeness (QED) is 0.729. The van der Waals surface area contributed by atoms with Crippen molar-refractivity contribution >= 4 is 5.97 Å². The molecule has 0 aromatic heterocycles. The number of hydrogen-bond acceptors (Lipinski definition) is 2. The Morgan fingerprint density at radius 1 is 1.54 bits per heavy atom. The zero-order valence-corrected chi connectivity index (χ0v) is 7.40. The van der Waals surface area contributed by atoms with Crippen molar-refractivity contribution in [2.24, 2.45) is 0 Å². The van der Waals surface area contributed by atoms with Crippen molar-refractivity contribution in [2.45, 2.75) is 19.4 Å². The third-order valence-corrected chi connectivity index (χ3v) is 1.80. The van der Waals surface area contributed by atoms with Gasteiger partial charge in [-0.25, -0.2) is 4.79 Å². The van der Waals surface area contributed by atoms with E-state index in [4.69, 9.17) is 10.2 Å².